The number of rotatable bonds is 14. The molecule has 0 spiro atoms. The number of aromatic nitrogens is 7. The average Bonchev–Trinajstić information content (AvgIpc) is 2.01. The van der Waals surface area contributed by atoms with E-state index in [0.717, 1.165) is 35.0 Å². The van der Waals surface area contributed by atoms with E-state index in [1.165, 1.54) is 35.0 Å². The Morgan fingerprint density at radius 2 is 1.73 bits per heavy atom. The summed E-state index contributed by atoms with van der Waals surface area (Å²) in [7, 11) is 0. The van der Waals surface area contributed by atoms with Crippen LogP contribution in [0.1, 0.15) is 93.3 Å². The van der Waals surface area contributed by atoms with Crippen molar-refractivity contribution < 1.29 is 69.6 Å². The Morgan fingerprint density at radius 1 is 0.940 bits per heavy atom. The van der Waals surface area contributed by atoms with Gasteiger partial charge in [0.15, 0.2) is 12.1 Å². The molecular formula is C56H46Cl2F5N11O10. The van der Waals surface area contributed by atoms with E-state index in [0.29, 0.717) is 41.0 Å². The molecule has 2 unspecified atom stereocenters. The van der Waals surface area contributed by atoms with Gasteiger partial charge >= 0.3 is 6.18 Å². The van der Waals surface area contributed by atoms with E-state index in [9.17, 15) is 45.9 Å². The number of anilines is 1. The number of nitrogens with zero attached hydrogens (tertiary/aromatic N) is 8. The van der Waals surface area contributed by atoms with Gasteiger partial charge in [0.05, 0.1) is 30.3 Å². The summed E-state index contributed by atoms with van der Waals surface area (Å²) in [5, 5.41) is 20.1. The second kappa shape index (κ2) is 22.7. The second-order valence-corrected chi connectivity index (χ2v) is 21.4. The van der Waals surface area contributed by atoms with Crippen molar-refractivity contribution in [3.63, 3.8) is 0 Å². The van der Waals surface area contributed by atoms with Crippen molar-refractivity contribution in [2.45, 2.75) is 100 Å². The van der Waals surface area contributed by atoms with E-state index in [1.807, 2.05) is 0 Å². The summed E-state index contributed by atoms with van der Waals surface area (Å²) in [5.41, 5.74) is 0.410. The van der Waals surface area contributed by atoms with Crippen molar-refractivity contribution >= 4 is 58.4 Å². The number of pyridine rings is 1. The number of halogens is 7. The number of hydrogen-bond acceptors (Lipinski definition) is 15. The van der Waals surface area contributed by atoms with Crippen LogP contribution in [0, 0.1) is 18.6 Å². The molecule has 4 fully saturated rings. The fourth-order valence-electron chi connectivity index (χ4n) is 10.9. The molecule has 12 rings (SSSR count). The van der Waals surface area contributed by atoms with Gasteiger partial charge in [0, 0.05) is 59.2 Å². The summed E-state index contributed by atoms with van der Waals surface area (Å²) >= 11 is 12.1. The lowest BCUT2D eigenvalue weighted by molar-refractivity contribution is -0.322. The summed E-state index contributed by atoms with van der Waals surface area (Å²) in [6.07, 6.45) is -7.48. The first-order valence-corrected chi connectivity index (χ1v) is 27.0. The molecule has 3 aromatic heterocycles. The number of ether oxygens (including phenoxy) is 5. The molecule has 7 aromatic rings. The number of piperidine rings is 1. The number of nitrogens with one attached hydrogen (secondary N) is 3. The van der Waals surface area contributed by atoms with Crippen LogP contribution in [-0.4, -0.2) is 119 Å². The number of amides is 5. The molecule has 7 heterocycles. The summed E-state index contributed by atoms with van der Waals surface area (Å²) in [6, 6.07) is 19.2. The van der Waals surface area contributed by atoms with Crippen molar-refractivity contribution in [2.75, 3.05) is 18.5 Å². The van der Waals surface area contributed by atoms with E-state index < -0.39 is 113 Å². The minimum atomic E-state index is -4.89. The molecule has 0 bridgehead atoms. The van der Waals surface area contributed by atoms with Gasteiger partial charge in [-0.15, -0.1) is 5.10 Å². The SMILES string of the molecule is Cc1nc([C@@H]2O[C@@H]3COC(c4ccccc4)O[C@@H]3[C@H](n3cc(-c4cc(F)c(Cl)c(F)c4)nn3)[C@H]2OCC(=O)N[C@H]2C[C@@H](Oc3ccc(C(=O)Nc4ccc5c(c4)CN(C4CCC(=O)NC4=O)C5=O)nc3)C2)n(-c2cc(Cl)ccc2C(F)(F)F)n1. The van der Waals surface area contributed by atoms with Crippen LogP contribution in [0.25, 0.3) is 16.9 Å². The van der Waals surface area contributed by atoms with Crippen LogP contribution in [0.4, 0.5) is 27.6 Å². The van der Waals surface area contributed by atoms with E-state index in [1.54, 1.807) is 54.6 Å². The minimum Gasteiger partial charge on any atom is -0.489 e. The van der Waals surface area contributed by atoms with Crippen LogP contribution in [0.2, 0.25) is 10.0 Å². The fourth-order valence-corrected chi connectivity index (χ4v) is 11.2. The maximum absolute atomic E-state index is 14.8. The molecular weight excluding hydrogens is 1150 g/mol. The van der Waals surface area contributed by atoms with Crippen molar-refractivity contribution in [3.05, 3.63) is 165 Å². The Balaban J connectivity index is 0.754. The number of carbonyl (C=O) groups is 5. The maximum atomic E-state index is 14.8. The number of alkyl halides is 3. The topological polar surface area (TPSA) is 245 Å². The van der Waals surface area contributed by atoms with Crippen LogP contribution in [0.15, 0.2) is 103 Å². The first-order valence-electron chi connectivity index (χ1n) is 26.3. The largest absolute Gasteiger partial charge is 0.489 e. The molecule has 5 aliphatic rings. The highest BCUT2D eigenvalue weighted by atomic mass is 35.5. The molecule has 21 nitrogen and oxygen atoms in total. The fraction of sp³-hybridized carbons (Fsp3) is 0.321. The van der Waals surface area contributed by atoms with Crippen molar-refractivity contribution in [2.24, 2.45) is 0 Å². The van der Waals surface area contributed by atoms with Gasteiger partial charge in [0.1, 0.15) is 88.8 Å². The summed E-state index contributed by atoms with van der Waals surface area (Å²) in [6.45, 7) is 0.781. The van der Waals surface area contributed by atoms with Gasteiger partial charge in [-0.1, -0.05) is 58.7 Å². The van der Waals surface area contributed by atoms with Crippen LogP contribution in [0.3, 0.4) is 0 Å². The highest BCUT2D eigenvalue weighted by molar-refractivity contribution is 6.31. The summed E-state index contributed by atoms with van der Waals surface area (Å²) < 4.78 is 108. The Morgan fingerprint density at radius 3 is 2.46 bits per heavy atom. The Hall–Kier alpha value is -8.27. The van der Waals surface area contributed by atoms with Gasteiger partial charge in [0.2, 0.25) is 17.7 Å². The Kier molecular flexibility index (Phi) is 15.2. The van der Waals surface area contributed by atoms with Crippen LogP contribution < -0.4 is 20.7 Å². The average molecular weight is 1200 g/mol. The van der Waals surface area contributed by atoms with Crippen LogP contribution >= 0.6 is 23.2 Å². The van der Waals surface area contributed by atoms with E-state index in [2.05, 4.69) is 41.3 Å². The first-order chi connectivity index (χ1) is 40.3. The van der Waals surface area contributed by atoms with Crippen LogP contribution in [-0.2, 0) is 46.1 Å². The molecule has 0 radical (unpaired) electrons. The molecule has 3 saturated heterocycles. The number of hydrogen-bond donors (Lipinski definition) is 3. The third-order valence-corrected chi connectivity index (χ3v) is 15.5. The smallest absolute Gasteiger partial charge is 0.418 e. The molecule has 84 heavy (non-hydrogen) atoms. The lowest BCUT2D eigenvalue weighted by Gasteiger charge is -2.49. The molecule has 4 aromatic carbocycles. The zero-order valence-corrected chi connectivity index (χ0v) is 45.3. The molecule has 3 N–H and O–H groups in total. The first kappa shape index (κ1) is 56.2. The number of aryl methyl sites for hydroxylation is 1. The lowest BCUT2D eigenvalue weighted by Crippen LogP contribution is -2.58. The standard InChI is InChI=1S/C56H46Cl2F5N11O10/c1-26-65-51(74(70-26)42-18-30(57)7-11-36(42)56(61,62)63)50-49(47(48-43(83-50)24-81-55(84-48)27-5-3-2-4-6-27)73-23-40(69-71-73)28-16-37(59)46(58)38(60)17-28)80-25-45(76)66-32-19-34(20-32)82-33-9-12-39(64-21-33)52(77)67-31-8-10-35-29(15-31)22-72(54(35)79)41-13-14-44(75)68-53(41)78/h2-12,15-18,21,23,32,34,41,43,47-50,55H,13-14,19-20,22,24-25H2,1H3,(H,66,76)(H,67,77)(H,68,75,78)/t32-,34+,41?,43-,47+,48+,49-,50-,55?/m1/s1. The van der Waals surface area contributed by atoms with E-state index in [-0.39, 0.29) is 71.6 Å². The summed E-state index contributed by atoms with van der Waals surface area (Å²) in [5.74, 6) is -4.37. The van der Waals surface area contributed by atoms with Crippen molar-refractivity contribution in [3.8, 4) is 22.7 Å². The Labute approximate surface area is 482 Å². The van der Waals surface area contributed by atoms with Crippen molar-refractivity contribution in [1.82, 2.24) is 50.3 Å². The molecule has 7 atom stereocenters. The van der Waals surface area contributed by atoms with Gasteiger partial charge in [-0.05, 0) is 79.6 Å². The molecule has 5 amide bonds. The third kappa shape index (κ3) is 11.3. The second-order valence-electron chi connectivity index (χ2n) is 20.5. The van der Waals surface area contributed by atoms with Gasteiger partial charge in [0.25, 0.3) is 11.8 Å². The minimum absolute atomic E-state index is 0.0194. The van der Waals surface area contributed by atoms with Gasteiger partial charge < -0.3 is 39.2 Å². The van der Waals surface area contributed by atoms with E-state index >= 15 is 0 Å². The molecule has 28 heteroatoms. The highest BCUT2D eigenvalue weighted by Gasteiger charge is 2.54. The van der Waals surface area contributed by atoms with Gasteiger partial charge in [-0.3, -0.25) is 29.3 Å². The Bertz CT molecular complexity index is 3720. The molecule has 1 saturated carbocycles. The maximum Gasteiger partial charge on any atom is 0.418 e. The van der Waals surface area contributed by atoms with Crippen molar-refractivity contribution in [1.29, 1.82) is 0 Å². The molecule has 434 valence electrons. The number of fused-ring (bicyclic) bond motifs is 2. The number of benzene rings is 4. The zero-order chi connectivity index (χ0) is 58.7. The zero-order valence-electron chi connectivity index (χ0n) is 43.8. The number of carbonyl (C=O) groups excluding carboxylic acids is 5. The highest BCUT2D eigenvalue weighted by Crippen LogP contribution is 2.47. The van der Waals surface area contributed by atoms with Gasteiger partial charge in [-0.25, -0.2) is 28.1 Å². The van der Waals surface area contributed by atoms with E-state index in [4.69, 9.17) is 46.9 Å². The normalized spacial score (nSPS) is 24.0. The predicted molar refractivity (Wildman–Crippen MR) is 283 cm³/mol. The van der Waals surface area contributed by atoms with Gasteiger partial charge in [-0.2, -0.15) is 18.3 Å². The number of imide groups is 1. The van der Waals surface area contributed by atoms with Crippen LogP contribution in [0.5, 0.6) is 5.75 Å². The summed E-state index contributed by atoms with van der Waals surface area (Å²) in [4.78, 5) is 74.8. The molecule has 1 aliphatic carbocycles. The third-order valence-electron chi connectivity index (χ3n) is 14.9. The lowest BCUT2D eigenvalue weighted by atomic mass is 9.89. The molecule has 4 aliphatic heterocycles. The monoisotopic (exact) mass is 1200 g/mol. The predicted octanol–water partition coefficient (Wildman–Crippen LogP) is 7.75. The quantitative estimate of drug-likeness (QED) is 0.0535.